The zero-order valence-corrected chi connectivity index (χ0v) is 5.00. The van der Waals surface area contributed by atoms with Crippen molar-refractivity contribution < 1.29 is 0 Å². The lowest BCUT2D eigenvalue weighted by Crippen LogP contribution is -2.11. The van der Waals surface area contributed by atoms with Gasteiger partial charge in [-0.25, -0.2) is 15.8 Å². The molecule has 0 atom stereocenters. The van der Waals surface area contributed by atoms with E-state index in [0.29, 0.717) is 11.8 Å². The van der Waals surface area contributed by atoms with Crippen molar-refractivity contribution in [3.63, 3.8) is 0 Å². The van der Waals surface area contributed by atoms with Crippen LogP contribution in [0.3, 0.4) is 0 Å². The molecule has 5 nitrogen and oxygen atoms in total. The van der Waals surface area contributed by atoms with Gasteiger partial charge in [-0.15, -0.1) is 0 Å². The molecule has 9 heavy (non-hydrogen) atoms. The van der Waals surface area contributed by atoms with Crippen molar-refractivity contribution in [1.29, 1.82) is 0 Å². The third kappa shape index (κ3) is 1.33. The van der Waals surface area contributed by atoms with Crippen LogP contribution in [0.2, 0.25) is 0 Å². The van der Waals surface area contributed by atoms with Gasteiger partial charge in [0.1, 0.15) is 12.2 Å². The molecule has 0 radical (unpaired) electrons. The van der Waals surface area contributed by atoms with Gasteiger partial charge in [-0.3, -0.25) is 5.43 Å². The molecule has 0 saturated carbocycles. The second-order valence-corrected chi connectivity index (χ2v) is 1.50. The van der Waals surface area contributed by atoms with Crippen molar-refractivity contribution in [2.45, 2.75) is 6.92 Å². The number of nitrogens with zero attached hydrogens (tertiary/aromatic N) is 3. The number of nitrogen functional groups attached to an aromatic ring is 1. The second-order valence-electron chi connectivity index (χ2n) is 1.50. The smallest absolute Gasteiger partial charge is 0.240 e. The largest absolute Gasteiger partial charge is 0.292 e. The average Bonchev–Trinajstić information content (AvgIpc) is 1.88. The molecule has 3 N–H and O–H groups in total. The molecule has 0 unspecified atom stereocenters. The molecule has 1 heterocycles. The number of aromatic nitrogens is 3. The number of hydrogen-bond donors (Lipinski definition) is 2. The van der Waals surface area contributed by atoms with E-state index in [9.17, 15) is 0 Å². The fourth-order valence-corrected chi connectivity index (χ4v) is 0.448. The molecule has 0 aliphatic carbocycles. The molecule has 0 aliphatic rings. The molecule has 0 bridgehead atoms. The Balaban J connectivity index is 2.94. The molecular formula is C4H7N5. The lowest BCUT2D eigenvalue weighted by molar-refractivity contribution is 0.967. The first kappa shape index (κ1) is 5.90. The van der Waals surface area contributed by atoms with Gasteiger partial charge in [0.25, 0.3) is 0 Å². The Labute approximate surface area is 52.3 Å². The number of nitrogens with two attached hydrogens (primary N) is 1. The van der Waals surface area contributed by atoms with E-state index in [1.807, 2.05) is 0 Å². The summed E-state index contributed by atoms with van der Waals surface area (Å²) in [6.07, 6.45) is 1.40. The van der Waals surface area contributed by atoms with Gasteiger partial charge in [0.05, 0.1) is 0 Å². The third-order valence-electron chi connectivity index (χ3n) is 0.821. The number of nitrogens with one attached hydrogen (secondary N) is 1. The molecule has 0 amide bonds. The zero-order chi connectivity index (χ0) is 6.69. The summed E-state index contributed by atoms with van der Waals surface area (Å²) in [5.74, 6) is 6.06. The van der Waals surface area contributed by atoms with Crippen LogP contribution >= 0.6 is 0 Å². The van der Waals surface area contributed by atoms with Gasteiger partial charge in [0, 0.05) is 0 Å². The van der Waals surface area contributed by atoms with E-state index in [1.54, 1.807) is 6.92 Å². The Morgan fingerprint density at radius 1 is 1.56 bits per heavy atom. The highest BCUT2D eigenvalue weighted by Crippen LogP contribution is 1.90. The van der Waals surface area contributed by atoms with E-state index in [-0.39, 0.29) is 0 Å². The molecule has 1 aromatic heterocycles. The van der Waals surface area contributed by atoms with Crippen molar-refractivity contribution >= 4 is 5.95 Å². The molecule has 1 rings (SSSR count). The summed E-state index contributed by atoms with van der Waals surface area (Å²) in [4.78, 5) is 11.3. The molecule has 0 saturated heterocycles. The van der Waals surface area contributed by atoms with Crippen LogP contribution in [-0.2, 0) is 0 Å². The maximum Gasteiger partial charge on any atom is 0.240 e. The first-order valence-electron chi connectivity index (χ1n) is 2.45. The Hall–Kier alpha value is -1.23. The van der Waals surface area contributed by atoms with Crippen molar-refractivity contribution in [2.75, 3.05) is 5.43 Å². The Kier molecular flexibility index (Phi) is 1.55. The number of hydrogen-bond acceptors (Lipinski definition) is 5. The molecule has 5 heteroatoms. The Morgan fingerprint density at radius 3 is 2.78 bits per heavy atom. The minimum atomic E-state index is 0.391. The maximum absolute atomic E-state index is 5.02. The van der Waals surface area contributed by atoms with E-state index < -0.39 is 0 Å². The standard InChI is InChI=1S/C4H7N5/c1-3-6-2-7-4(8-3)9-5/h2H,5H2,1H3,(H,6,7,8,9). The van der Waals surface area contributed by atoms with E-state index in [0.717, 1.165) is 0 Å². The zero-order valence-electron chi connectivity index (χ0n) is 5.00. The summed E-state index contributed by atoms with van der Waals surface area (Å²) in [5.41, 5.74) is 2.31. The van der Waals surface area contributed by atoms with Gasteiger partial charge in [-0.1, -0.05) is 0 Å². The van der Waals surface area contributed by atoms with Crippen LogP contribution in [0.4, 0.5) is 5.95 Å². The van der Waals surface area contributed by atoms with Crippen LogP contribution in [0.5, 0.6) is 0 Å². The number of rotatable bonds is 1. The fourth-order valence-electron chi connectivity index (χ4n) is 0.448. The lowest BCUT2D eigenvalue weighted by atomic mass is 10.7. The topological polar surface area (TPSA) is 76.7 Å². The summed E-state index contributed by atoms with van der Waals surface area (Å²) in [5, 5.41) is 0. The third-order valence-corrected chi connectivity index (χ3v) is 0.821. The van der Waals surface area contributed by atoms with Gasteiger partial charge in [0.15, 0.2) is 0 Å². The second kappa shape index (κ2) is 2.36. The van der Waals surface area contributed by atoms with E-state index in [4.69, 9.17) is 5.84 Å². The summed E-state index contributed by atoms with van der Waals surface area (Å²) in [7, 11) is 0. The van der Waals surface area contributed by atoms with Gasteiger partial charge >= 0.3 is 0 Å². The monoisotopic (exact) mass is 125 g/mol. The number of hydrazine groups is 1. The fraction of sp³-hybridized carbons (Fsp3) is 0.250. The van der Waals surface area contributed by atoms with Gasteiger partial charge in [-0.2, -0.15) is 4.98 Å². The maximum atomic E-state index is 5.02. The van der Waals surface area contributed by atoms with E-state index in [2.05, 4.69) is 20.4 Å². The van der Waals surface area contributed by atoms with E-state index >= 15 is 0 Å². The molecule has 0 aliphatic heterocycles. The minimum absolute atomic E-state index is 0.391. The van der Waals surface area contributed by atoms with Crippen LogP contribution in [0.25, 0.3) is 0 Å². The normalized spacial score (nSPS) is 9.11. The van der Waals surface area contributed by atoms with Gasteiger partial charge in [0.2, 0.25) is 5.95 Å². The summed E-state index contributed by atoms with van der Waals surface area (Å²) >= 11 is 0. The van der Waals surface area contributed by atoms with Crippen LogP contribution in [0.15, 0.2) is 6.33 Å². The van der Waals surface area contributed by atoms with Crippen LogP contribution < -0.4 is 11.3 Å². The SMILES string of the molecule is Cc1ncnc(NN)n1. The first-order valence-corrected chi connectivity index (χ1v) is 2.45. The van der Waals surface area contributed by atoms with Crippen LogP contribution in [-0.4, -0.2) is 15.0 Å². The summed E-state index contributed by atoms with van der Waals surface area (Å²) in [6.45, 7) is 1.77. The number of aryl methyl sites for hydroxylation is 1. The van der Waals surface area contributed by atoms with Crippen molar-refractivity contribution in [2.24, 2.45) is 5.84 Å². The van der Waals surface area contributed by atoms with Gasteiger partial charge in [-0.05, 0) is 6.92 Å². The quantitative estimate of drug-likeness (QED) is 0.389. The average molecular weight is 125 g/mol. The highest BCUT2D eigenvalue weighted by molar-refractivity contribution is 5.18. The molecule has 0 fully saturated rings. The predicted molar refractivity (Wildman–Crippen MR) is 32.4 cm³/mol. The predicted octanol–water partition coefficient (Wildman–Crippen LogP) is -0.534. The molecule has 1 aromatic rings. The molecule has 0 aromatic carbocycles. The van der Waals surface area contributed by atoms with E-state index in [1.165, 1.54) is 6.33 Å². The van der Waals surface area contributed by atoms with Crippen molar-refractivity contribution in [1.82, 2.24) is 15.0 Å². The first-order chi connectivity index (χ1) is 4.33. The minimum Gasteiger partial charge on any atom is -0.292 e. The Morgan fingerprint density at radius 2 is 2.33 bits per heavy atom. The van der Waals surface area contributed by atoms with Crippen LogP contribution in [0.1, 0.15) is 5.82 Å². The molecular weight excluding hydrogens is 118 g/mol. The highest BCUT2D eigenvalue weighted by atomic mass is 15.3. The van der Waals surface area contributed by atoms with Crippen molar-refractivity contribution in [3.05, 3.63) is 12.2 Å². The number of anilines is 1. The highest BCUT2D eigenvalue weighted by Gasteiger charge is 1.89. The van der Waals surface area contributed by atoms with Crippen LogP contribution in [0, 0.1) is 6.92 Å². The Bertz CT molecular complexity index is 198. The molecule has 0 spiro atoms. The summed E-state index contributed by atoms with van der Waals surface area (Å²) < 4.78 is 0. The summed E-state index contributed by atoms with van der Waals surface area (Å²) in [6, 6.07) is 0. The van der Waals surface area contributed by atoms with Crippen molar-refractivity contribution in [3.8, 4) is 0 Å². The van der Waals surface area contributed by atoms with Gasteiger partial charge < -0.3 is 0 Å². The molecule has 48 valence electrons. The lowest BCUT2D eigenvalue weighted by Gasteiger charge is -1.94.